The molecule has 0 amide bonds. The van der Waals surface area contributed by atoms with Crippen molar-refractivity contribution in [1.82, 2.24) is 0 Å². The van der Waals surface area contributed by atoms with Crippen molar-refractivity contribution in [2.24, 2.45) is 0 Å². The van der Waals surface area contributed by atoms with Crippen LogP contribution in [0.3, 0.4) is 0 Å². The average molecular weight is 509 g/mol. The Bertz CT molecular complexity index is 1230. The molecule has 0 fully saturated rings. The normalized spacial score (nSPS) is 14.3. The number of aromatic hydroxyl groups is 4. The molecule has 0 radical (unpaired) electrons. The lowest BCUT2D eigenvalue weighted by Crippen LogP contribution is -1.74. The highest BCUT2D eigenvalue weighted by Crippen LogP contribution is 2.22. The lowest BCUT2D eigenvalue weighted by Gasteiger charge is -1.98. The minimum absolute atomic E-state index is 0.0335. The molecular formula is C34H36O4. The molecule has 0 unspecified atom stereocenters. The summed E-state index contributed by atoms with van der Waals surface area (Å²) in [7, 11) is 0. The number of allylic oxidation sites excluding steroid dienone is 16. The monoisotopic (exact) mass is 508 g/mol. The van der Waals surface area contributed by atoms with Crippen LogP contribution < -0.4 is 0 Å². The molecular weight excluding hydrogens is 472 g/mol. The Balaban J connectivity index is 1.86. The summed E-state index contributed by atoms with van der Waals surface area (Å²) < 4.78 is 0. The second kappa shape index (κ2) is 15.4. The first kappa shape index (κ1) is 29.5. The molecule has 0 aliphatic carbocycles. The van der Waals surface area contributed by atoms with E-state index in [0.717, 1.165) is 33.4 Å². The van der Waals surface area contributed by atoms with Gasteiger partial charge in [-0.3, -0.25) is 0 Å². The molecule has 2 aromatic carbocycles. The maximum atomic E-state index is 9.55. The van der Waals surface area contributed by atoms with Gasteiger partial charge in [-0.05, 0) is 63.1 Å². The van der Waals surface area contributed by atoms with Gasteiger partial charge in [0.05, 0.1) is 0 Å². The van der Waals surface area contributed by atoms with Crippen LogP contribution in [0, 0.1) is 0 Å². The molecule has 0 aliphatic rings. The predicted molar refractivity (Wildman–Crippen MR) is 160 cm³/mol. The highest BCUT2D eigenvalue weighted by atomic mass is 16.3. The first-order chi connectivity index (χ1) is 18.1. The second-order valence-corrected chi connectivity index (χ2v) is 8.98. The molecule has 4 N–H and O–H groups in total. The Morgan fingerprint density at radius 2 is 0.711 bits per heavy atom. The van der Waals surface area contributed by atoms with Gasteiger partial charge in [-0.1, -0.05) is 107 Å². The van der Waals surface area contributed by atoms with Gasteiger partial charge >= 0.3 is 0 Å². The Labute approximate surface area is 225 Å². The molecule has 0 atom stereocenters. The summed E-state index contributed by atoms with van der Waals surface area (Å²) in [6.07, 6.45) is 27.6. The van der Waals surface area contributed by atoms with Crippen molar-refractivity contribution in [1.29, 1.82) is 0 Å². The van der Waals surface area contributed by atoms with E-state index in [4.69, 9.17) is 0 Å². The molecule has 0 aliphatic heterocycles. The van der Waals surface area contributed by atoms with Crippen LogP contribution in [0.15, 0.2) is 132 Å². The Hall–Kier alpha value is -4.70. The van der Waals surface area contributed by atoms with E-state index in [1.165, 1.54) is 12.1 Å². The smallest absolute Gasteiger partial charge is 0.119 e. The van der Waals surface area contributed by atoms with Gasteiger partial charge in [0.15, 0.2) is 0 Å². The average Bonchev–Trinajstić information content (AvgIpc) is 2.83. The highest BCUT2D eigenvalue weighted by Gasteiger charge is 1.96. The first-order valence-electron chi connectivity index (χ1n) is 12.2. The molecule has 2 aromatic rings. The zero-order chi connectivity index (χ0) is 27.9. The third kappa shape index (κ3) is 12.3. The van der Waals surface area contributed by atoms with Crippen LogP contribution in [0.1, 0.15) is 38.8 Å². The van der Waals surface area contributed by atoms with Crippen LogP contribution in [0.25, 0.3) is 12.2 Å². The van der Waals surface area contributed by atoms with E-state index in [1.807, 2.05) is 113 Å². The van der Waals surface area contributed by atoms with Gasteiger partial charge in [0.1, 0.15) is 23.0 Å². The van der Waals surface area contributed by atoms with Crippen molar-refractivity contribution in [3.8, 4) is 23.0 Å². The predicted octanol–water partition coefficient (Wildman–Crippen LogP) is 8.69. The topological polar surface area (TPSA) is 80.9 Å². The van der Waals surface area contributed by atoms with Crippen LogP contribution in [0.2, 0.25) is 0 Å². The zero-order valence-electron chi connectivity index (χ0n) is 22.3. The fourth-order valence-electron chi connectivity index (χ4n) is 3.22. The molecule has 0 aromatic heterocycles. The molecule has 2 rings (SSSR count). The number of rotatable bonds is 10. The first-order valence-corrected chi connectivity index (χ1v) is 12.2. The van der Waals surface area contributed by atoms with Crippen LogP contribution in [0.4, 0.5) is 0 Å². The van der Waals surface area contributed by atoms with Crippen molar-refractivity contribution in [3.05, 3.63) is 143 Å². The quantitative estimate of drug-likeness (QED) is 0.242. The van der Waals surface area contributed by atoms with Gasteiger partial charge in [-0.25, -0.2) is 0 Å². The summed E-state index contributed by atoms with van der Waals surface area (Å²) in [4.78, 5) is 0. The van der Waals surface area contributed by atoms with Crippen LogP contribution >= 0.6 is 0 Å². The Kier molecular flexibility index (Phi) is 12.0. The molecule has 196 valence electrons. The van der Waals surface area contributed by atoms with Crippen molar-refractivity contribution >= 4 is 12.2 Å². The van der Waals surface area contributed by atoms with Gasteiger partial charge < -0.3 is 20.4 Å². The lowest BCUT2D eigenvalue weighted by molar-refractivity contribution is 0.449. The third-order valence-corrected chi connectivity index (χ3v) is 5.19. The van der Waals surface area contributed by atoms with Crippen molar-refractivity contribution < 1.29 is 20.4 Å². The molecule has 0 bridgehead atoms. The SMILES string of the molecule is CC(/C=C/C=C(C)/C=C/c1cc(O)cc(O)c1)=C\C=C\C=C(C)\C=C\C=C(C)\C=C\c1cc(O)cc(O)c1. The molecule has 0 heterocycles. The van der Waals surface area contributed by atoms with Crippen LogP contribution in [-0.2, 0) is 0 Å². The lowest BCUT2D eigenvalue weighted by atomic mass is 10.1. The van der Waals surface area contributed by atoms with Gasteiger partial charge in [-0.15, -0.1) is 0 Å². The van der Waals surface area contributed by atoms with E-state index in [2.05, 4.69) is 0 Å². The molecule has 4 heteroatoms. The van der Waals surface area contributed by atoms with E-state index in [9.17, 15) is 20.4 Å². The maximum absolute atomic E-state index is 9.55. The van der Waals surface area contributed by atoms with E-state index < -0.39 is 0 Å². The summed E-state index contributed by atoms with van der Waals surface area (Å²) in [5, 5.41) is 38.2. The number of phenols is 4. The third-order valence-electron chi connectivity index (χ3n) is 5.19. The molecule has 0 saturated heterocycles. The molecule has 4 nitrogen and oxygen atoms in total. The summed E-state index contributed by atoms with van der Waals surface area (Å²) >= 11 is 0. The Morgan fingerprint density at radius 1 is 0.421 bits per heavy atom. The maximum Gasteiger partial charge on any atom is 0.119 e. The fraction of sp³-hybridized carbons (Fsp3) is 0.118. The molecule has 0 saturated carbocycles. The van der Waals surface area contributed by atoms with Crippen molar-refractivity contribution in [2.45, 2.75) is 27.7 Å². The summed E-state index contributed by atoms with van der Waals surface area (Å²) in [6.45, 7) is 8.03. The van der Waals surface area contributed by atoms with Gasteiger partial charge in [0.25, 0.3) is 0 Å². The summed E-state index contributed by atoms with van der Waals surface area (Å²) in [5.41, 5.74) is 5.76. The van der Waals surface area contributed by atoms with E-state index in [0.29, 0.717) is 0 Å². The molecule has 38 heavy (non-hydrogen) atoms. The minimum atomic E-state index is 0.0335. The van der Waals surface area contributed by atoms with Crippen molar-refractivity contribution in [3.63, 3.8) is 0 Å². The van der Waals surface area contributed by atoms with Gasteiger partial charge in [-0.2, -0.15) is 0 Å². The summed E-state index contributed by atoms with van der Waals surface area (Å²) in [5.74, 6) is 0.134. The van der Waals surface area contributed by atoms with E-state index in [-0.39, 0.29) is 23.0 Å². The van der Waals surface area contributed by atoms with E-state index in [1.54, 1.807) is 24.3 Å². The number of phenolic OH excluding ortho intramolecular Hbond substituents is 4. The number of hydrogen-bond acceptors (Lipinski definition) is 4. The van der Waals surface area contributed by atoms with Crippen LogP contribution in [-0.4, -0.2) is 20.4 Å². The molecule has 0 spiro atoms. The van der Waals surface area contributed by atoms with E-state index >= 15 is 0 Å². The highest BCUT2D eigenvalue weighted by molar-refractivity contribution is 5.58. The standard InChI is InChI=1S/C34H36O4/c1-25(11-7-13-27(3)15-17-29-19-31(35)23-32(36)20-29)9-5-6-10-26(2)12-8-14-28(4)16-18-30-21-33(37)24-34(38)22-30/h5-24,35-38H,1-4H3/b6-5+,11-7+,12-8+,17-15+,18-16+,25-9+,26-10+,27-13+,28-14+. The fourth-order valence-corrected chi connectivity index (χ4v) is 3.22. The number of benzene rings is 2. The van der Waals surface area contributed by atoms with Crippen LogP contribution in [0.5, 0.6) is 23.0 Å². The minimum Gasteiger partial charge on any atom is -0.508 e. The van der Waals surface area contributed by atoms with Crippen molar-refractivity contribution in [2.75, 3.05) is 0 Å². The van der Waals surface area contributed by atoms with Gasteiger partial charge in [0.2, 0.25) is 0 Å². The van der Waals surface area contributed by atoms with Gasteiger partial charge in [0, 0.05) is 12.1 Å². The second-order valence-electron chi connectivity index (χ2n) is 8.98. The largest absolute Gasteiger partial charge is 0.508 e. The zero-order valence-corrected chi connectivity index (χ0v) is 22.3. The number of hydrogen-bond donors (Lipinski definition) is 4. The Morgan fingerprint density at radius 3 is 1.05 bits per heavy atom. The summed E-state index contributed by atoms with van der Waals surface area (Å²) in [6, 6.07) is 8.97.